The van der Waals surface area contributed by atoms with Gasteiger partial charge in [-0.25, -0.2) is 4.72 Å². The highest BCUT2D eigenvalue weighted by Gasteiger charge is 2.31. The minimum Gasteiger partial charge on any atom is -0.481 e. The Morgan fingerprint density at radius 2 is 1.67 bits per heavy atom. The summed E-state index contributed by atoms with van der Waals surface area (Å²) < 4.78 is 28.6. The van der Waals surface area contributed by atoms with Gasteiger partial charge in [0.2, 0.25) is 0 Å². The van der Waals surface area contributed by atoms with E-state index < -0.39 is 22.1 Å². The van der Waals surface area contributed by atoms with E-state index in [0.717, 1.165) is 0 Å². The third kappa shape index (κ3) is 5.23. The topological polar surface area (TPSA) is 86.7 Å². The first-order valence-corrected chi connectivity index (χ1v) is 9.06. The molecular formula is C14H28N2O4S. The fraction of sp³-hybridized carbons (Fsp3) is 0.929. The molecule has 0 aromatic rings. The number of aliphatic carboxylic acids is 1. The van der Waals surface area contributed by atoms with Gasteiger partial charge in [-0.3, -0.25) is 4.79 Å². The van der Waals surface area contributed by atoms with Gasteiger partial charge in [0.25, 0.3) is 10.2 Å². The van der Waals surface area contributed by atoms with E-state index in [1.807, 2.05) is 0 Å². The van der Waals surface area contributed by atoms with Gasteiger partial charge < -0.3 is 5.11 Å². The van der Waals surface area contributed by atoms with Crippen LogP contribution in [-0.2, 0) is 15.0 Å². The predicted octanol–water partition coefficient (Wildman–Crippen LogP) is 1.55. The highest BCUT2D eigenvalue weighted by molar-refractivity contribution is 7.87. The van der Waals surface area contributed by atoms with Crippen LogP contribution in [0.5, 0.6) is 0 Å². The first-order chi connectivity index (χ1) is 9.65. The standard InChI is InChI=1S/C14H28N2O4S/c1-10(2)13(11(3)4)9-15-21(19,20)16-7-5-12(6-8-16)14(17)18/h10-13,15H,5-9H2,1-4H3,(H,17,18). The van der Waals surface area contributed by atoms with Crippen molar-refractivity contribution in [3.8, 4) is 0 Å². The van der Waals surface area contributed by atoms with Crippen LogP contribution in [0.4, 0.5) is 0 Å². The Bertz CT molecular complexity index is 432. The van der Waals surface area contributed by atoms with Crippen LogP contribution in [0, 0.1) is 23.7 Å². The maximum absolute atomic E-state index is 12.3. The maximum atomic E-state index is 12.3. The summed E-state index contributed by atoms with van der Waals surface area (Å²) in [5.41, 5.74) is 0. The Labute approximate surface area is 128 Å². The lowest BCUT2D eigenvalue weighted by atomic mass is 9.86. The molecule has 1 aliphatic rings. The van der Waals surface area contributed by atoms with Gasteiger partial charge in [0.1, 0.15) is 0 Å². The quantitative estimate of drug-likeness (QED) is 0.745. The molecule has 0 spiro atoms. The number of nitrogens with zero attached hydrogens (tertiary/aromatic N) is 1. The Morgan fingerprint density at radius 1 is 1.19 bits per heavy atom. The largest absolute Gasteiger partial charge is 0.481 e. The highest BCUT2D eigenvalue weighted by atomic mass is 32.2. The summed E-state index contributed by atoms with van der Waals surface area (Å²) in [4.78, 5) is 10.9. The maximum Gasteiger partial charge on any atom is 0.306 e. The molecule has 2 N–H and O–H groups in total. The summed E-state index contributed by atoms with van der Waals surface area (Å²) in [7, 11) is -3.50. The van der Waals surface area contributed by atoms with Crippen LogP contribution in [0.1, 0.15) is 40.5 Å². The number of piperidine rings is 1. The van der Waals surface area contributed by atoms with Gasteiger partial charge in [-0.1, -0.05) is 27.7 Å². The fourth-order valence-electron chi connectivity index (χ4n) is 2.88. The SMILES string of the molecule is CC(C)C(CNS(=O)(=O)N1CCC(C(=O)O)CC1)C(C)C. The van der Waals surface area contributed by atoms with Crippen LogP contribution in [0.2, 0.25) is 0 Å². The van der Waals surface area contributed by atoms with E-state index in [1.165, 1.54) is 4.31 Å². The minimum absolute atomic E-state index is 0.278. The zero-order valence-corrected chi connectivity index (χ0v) is 14.2. The molecule has 0 amide bonds. The molecule has 0 bridgehead atoms. The number of nitrogens with one attached hydrogen (secondary N) is 1. The van der Waals surface area contributed by atoms with Crippen LogP contribution in [0.25, 0.3) is 0 Å². The van der Waals surface area contributed by atoms with Crippen molar-refractivity contribution in [2.75, 3.05) is 19.6 Å². The lowest BCUT2D eigenvalue weighted by Gasteiger charge is -2.31. The minimum atomic E-state index is -3.50. The summed E-state index contributed by atoms with van der Waals surface area (Å²) in [6.45, 7) is 9.36. The molecule has 0 aliphatic carbocycles. The van der Waals surface area contributed by atoms with Gasteiger partial charge in [0.05, 0.1) is 5.92 Å². The third-order valence-corrected chi connectivity index (χ3v) is 5.93. The van der Waals surface area contributed by atoms with Crippen LogP contribution in [0.3, 0.4) is 0 Å². The molecule has 7 heteroatoms. The molecule has 0 saturated carbocycles. The second-order valence-electron chi connectivity index (χ2n) is 6.52. The Kier molecular flexibility index (Phi) is 6.62. The molecule has 1 saturated heterocycles. The van der Waals surface area contributed by atoms with Crippen LogP contribution in [-0.4, -0.2) is 43.4 Å². The molecule has 0 radical (unpaired) electrons. The first-order valence-electron chi connectivity index (χ1n) is 7.62. The smallest absolute Gasteiger partial charge is 0.306 e. The van der Waals surface area contributed by atoms with Crippen molar-refractivity contribution in [1.82, 2.24) is 9.03 Å². The first kappa shape index (κ1) is 18.4. The molecule has 0 aromatic carbocycles. The van der Waals surface area contributed by atoms with E-state index in [0.29, 0.717) is 31.2 Å². The zero-order chi connectivity index (χ0) is 16.2. The van der Waals surface area contributed by atoms with Crippen molar-refractivity contribution in [1.29, 1.82) is 0 Å². The molecular weight excluding hydrogens is 292 g/mol. The Morgan fingerprint density at radius 3 is 2.05 bits per heavy atom. The summed E-state index contributed by atoms with van der Waals surface area (Å²) in [6, 6.07) is 0. The fourth-order valence-corrected chi connectivity index (χ4v) is 4.15. The second-order valence-corrected chi connectivity index (χ2v) is 8.27. The summed E-state index contributed by atoms with van der Waals surface area (Å²) in [6.07, 6.45) is 0.766. The lowest BCUT2D eigenvalue weighted by Crippen LogP contribution is -2.47. The van der Waals surface area contributed by atoms with E-state index in [9.17, 15) is 13.2 Å². The van der Waals surface area contributed by atoms with Gasteiger partial charge >= 0.3 is 5.97 Å². The summed E-state index contributed by atoms with van der Waals surface area (Å²) in [5.74, 6) is -0.151. The van der Waals surface area contributed by atoms with Gasteiger partial charge in [0.15, 0.2) is 0 Å². The van der Waals surface area contributed by atoms with E-state index in [4.69, 9.17) is 5.11 Å². The van der Waals surface area contributed by atoms with Gasteiger partial charge in [0, 0.05) is 19.6 Å². The second kappa shape index (κ2) is 7.56. The molecule has 0 unspecified atom stereocenters. The Hall–Kier alpha value is -0.660. The molecule has 21 heavy (non-hydrogen) atoms. The van der Waals surface area contributed by atoms with E-state index in [2.05, 4.69) is 32.4 Å². The molecule has 0 aromatic heterocycles. The van der Waals surface area contributed by atoms with Crippen LogP contribution < -0.4 is 4.72 Å². The monoisotopic (exact) mass is 320 g/mol. The van der Waals surface area contributed by atoms with E-state index in [-0.39, 0.29) is 19.0 Å². The van der Waals surface area contributed by atoms with Gasteiger partial charge in [-0.2, -0.15) is 12.7 Å². The van der Waals surface area contributed by atoms with Crippen molar-refractivity contribution in [2.45, 2.75) is 40.5 Å². The van der Waals surface area contributed by atoms with Gasteiger partial charge in [-0.15, -0.1) is 0 Å². The normalized spacial score (nSPS) is 18.8. The number of carboxylic acids is 1. The van der Waals surface area contributed by atoms with E-state index >= 15 is 0 Å². The number of hydrogen-bond acceptors (Lipinski definition) is 3. The van der Waals surface area contributed by atoms with Crippen molar-refractivity contribution in [3.63, 3.8) is 0 Å². The van der Waals surface area contributed by atoms with Crippen molar-refractivity contribution < 1.29 is 18.3 Å². The Balaban J connectivity index is 2.56. The summed E-state index contributed by atoms with van der Waals surface area (Å²) in [5, 5.41) is 8.94. The van der Waals surface area contributed by atoms with Crippen LogP contribution in [0.15, 0.2) is 0 Å². The molecule has 1 heterocycles. The molecule has 6 nitrogen and oxygen atoms in total. The van der Waals surface area contributed by atoms with Crippen molar-refractivity contribution >= 4 is 16.2 Å². The highest BCUT2D eigenvalue weighted by Crippen LogP contribution is 2.22. The third-order valence-electron chi connectivity index (χ3n) is 4.36. The summed E-state index contributed by atoms with van der Waals surface area (Å²) >= 11 is 0. The van der Waals surface area contributed by atoms with E-state index in [1.54, 1.807) is 0 Å². The van der Waals surface area contributed by atoms with Crippen LogP contribution >= 0.6 is 0 Å². The molecule has 1 aliphatic heterocycles. The average Bonchev–Trinajstić information content (AvgIpc) is 2.38. The lowest BCUT2D eigenvalue weighted by molar-refractivity contribution is -0.142. The molecule has 1 rings (SSSR count). The zero-order valence-electron chi connectivity index (χ0n) is 13.4. The number of carbonyl (C=O) groups is 1. The number of carboxylic acid groups (broad SMARTS) is 1. The van der Waals surface area contributed by atoms with Crippen molar-refractivity contribution in [3.05, 3.63) is 0 Å². The number of rotatable bonds is 7. The van der Waals surface area contributed by atoms with Crippen molar-refractivity contribution in [2.24, 2.45) is 23.7 Å². The molecule has 124 valence electrons. The molecule has 0 atom stereocenters. The molecule has 1 fully saturated rings. The number of hydrogen-bond donors (Lipinski definition) is 2. The average molecular weight is 320 g/mol. The predicted molar refractivity (Wildman–Crippen MR) is 82.0 cm³/mol. The van der Waals surface area contributed by atoms with Gasteiger partial charge in [-0.05, 0) is 30.6 Å².